The number of carbonyl (C=O) groups excluding carboxylic acids is 1. The van der Waals surface area contributed by atoms with Crippen LogP contribution in [-0.2, 0) is 6.54 Å². The van der Waals surface area contributed by atoms with Gasteiger partial charge in [-0.05, 0) is 25.1 Å². The molecule has 1 aliphatic rings. The van der Waals surface area contributed by atoms with Crippen molar-refractivity contribution >= 4 is 16.8 Å². The third-order valence-corrected chi connectivity index (χ3v) is 4.62. The first-order chi connectivity index (χ1) is 12.6. The fourth-order valence-electron chi connectivity index (χ4n) is 3.31. The lowest BCUT2D eigenvalue weighted by molar-refractivity contribution is 0.0618. The van der Waals surface area contributed by atoms with E-state index in [9.17, 15) is 9.18 Å². The number of hydrogen-bond donors (Lipinski definition) is 0. The van der Waals surface area contributed by atoms with Gasteiger partial charge in [0.15, 0.2) is 5.76 Å². The monoisotopic (exact) mass is 354 g/mol. The van der Waals surface area contributed by atoms with Crippen LogP contribution in [-0.4, -0.2) is 52.0 Å². The number of aromatic nitrogens is 2. The molecule has 4 rings (SSSR count). The standard InChI is InChI=1S/C19H19FN4O2/c1-13-9-16(26-22-13)12-23-5-7-24(8-6-23)19(25)17-11-15(20)10-14-3-2-4-21-18(14)17/h2-4,9-11H,5-8,12H2,1H3. The first kappa shape index (κ1) is 16.7. The molecule has 6 nitrogen and oxygen atoms in total. The summed E-state index contributed by atoms with van der Waals surface area (Å²) in [5, 5.41) is 4.53. The van der Waals surface area contributed by atoms with Crippen molar-refractivity contribution in [1.82, 2.24) is 19.9 Å². The molecule has 0 saturated carbocycles. The van der Waals surface area contributed by atoms with Crippen LogP contribution in [0.5, 0.6) is 0 Å². The third-order valence-electron chi connectivity index (χ3n) is 4.62. The molecule has 1 saturated heterocycles. The number of aryl methyl sites for hydroxylation is 1. The Morgan fingerprint density at radius 2 is 2.04 bits per heavy atom. The van der Waals surface area contributed by atoms with Gasteiger partial charge in [-0.25, -0.2) is 4.39 Å². The molecule has 1 amide bonds. The lowest BCUT2D eigenvalue weighted by atomic mass is 10.1. The van der Waals surface area contributed by atoms with Gasteiger partial charge in [0.2, 0.25) is 0 Å². The van der Waals surface area contributed by atoms with Crippen molar-refractivity contribution in [1.29, 1.82) is 0 Å². The van der Waals surface area contributed by atoms with Gasteiger partial charge >= 0.3 is 0 Å². The van der Waals surface area contributed by atoms with Crippen LogP contribution >= 0.6 is 0 Å². The molecule has 26 heavy (non-hydrogen) atoms. The zero-order chi connectivity index (χ0) is 18.1. The van der Waals surface area contributed by atoms with Gasteiger partial charge in [0.25, 0.3) is 5.91 Å². The van der Waals surface area contributed by atoms with E-state index in [1.165, 1.54) is 12.1 Å². The maximum Gasteiger partial charge on any atom is 0.256 e. The van der Waals surface area contributed by atoms with Crippen LogP contribution in [0, 0.1) is 12.7 Å². The fraction of sp³-hybridized carbons (Fsp3) is 0.316. The van der Waals surface area contributed by atoms with E-state index in [4.69, 9.17) is 4.52 Å². The van der Waals surface area contributed by atoms with Gasteiger partial charge in [0, 0.05) is 43.8 Å². The number of rotatable bonds is 3. The summed E-state index contributed by atoms with van der Waals surface area (Å²) >= 11 is 0. The molecular weight excluding hydrogens is 335 g/mol. The molecule has 1 aliphatic heterocycles. The van der Waals surface area contributed by atoms with E-state index in [0.29, 0.717) is 36.1 Å². The van der Waals surface area contributed by atoms with Gasteiger partial charge in [0.1, 0.15) is 5.82 Å². The van der Waals surface area contributed by atoms with Crippen LogP contribution in [0.4, 0.5) is 4.39 Å². The van der Waals surface area contributed by atoms with Gasteiger partial charge in [0.05, 0.1) is 23.3 Å². The van der Waals surface area contributed by atoms with Crippen LogP contribution in [0.2, 0.25) is 0 Å². The maximum absolute atomic E-state index is 13.9. The molecule has 0 spiro atoms. The number of nitrogens with zero attached hydrogens (tertiary/aromatic N) is 4. The van der Waals surface area contributed by atoms with Crippen molar-refractivity contribution < 1.29 is 13.7 Å². The van der Waals surface area contributed by atoms with Gasteiger partial charge in [-0.1, -0.05) is 11.2 Å². The average Bonchev–Trinajstić information content (AvgIpc) is 3.06. The van der Waals surface area contributed by atoms with E-state index in [2.05, 4.69) is 15.0 Å². The highest BCUT2D eigenvalue weighted by molar-refractivity contribution is 6.05. The number of benzene rings is 1. The summed E-state index contributed by atoms with van der Waals surface area (Å²) in [7, 11) is 0. The highest BCUT2D eigenvalue weighted by atomic mass is 19.1. The number of amides is 1. The molecule has 0 radical (unpaired) electrons. The molecule has 3 aromatic rings. The summed E-state index contributed by atoms with van der Waals surface area (Å²) in [6.07, 6.45) is 1.62. The molecular formula is C19H19FN4O2. The number of halogens is 1. The van der Waals surface area contributed by atoms with Crippen LogP contribution in [0.1, 0.15) is 21.8 Å². The summed E-state index contributed by atoms with van der Waals surface area (Å²) in [6, 6.07) is 8.10. The topological polar surface area (TPSA) is 62.5 Å². The second-order valence-electron chi connectivity index (χ2n) is 6.53. The first-order valence-electron chi connectivity index (χ1n) is 8.58. The molecule has 1 aromatic carbocycles. The van der Waals surface area contributed by atoms with Crippen molar-refractivity contribution in [2.45, 2.75) is 13.5 Å². The van der Waals surface area contributed by atoms with E-state index in [1.807, 2.05) is 13.0 Å². The second-order valence-corrected chi connectivity index (χ2v) is 6.53. The summed E-state index contributed by atoms with van der Waals surface area (Å²) < 4.78 is 19.2. The predicted molar refractivity (Wildman–Crippen MR) is 94.1 cm³/mol. The Bertz CT molecular complexity index is 948. The number of carbonyl (C=O) groups is 1. The zero-order valence-corrected chi connectivity index (χ0v) is 14.5. The number of fused-ring (bicyclic) bond motifs is 1. The molecule has 0 unspecified atom stereocenters. The Morgan fingerprint density at radius 1 is 1.23 bits per heavy atom. The summed E-state index contributed by atoms with van der Waals surface area (Å²) in [4.78, 5) is 21.1. The minimum atomic E-state index is -0.423. The van der Waals surface area contributed by atoms with Crippen LogP contribution < -0.4 is 0 Å². The van der Waals surface area contributed by atoms with Crippen molar-refractivity contribution in [3.05, 3.63) is 59.4 Å². The largest absolute Gasteiger partial charge is 0.360 e. The van der Waals surface area contributed by atoms with Crippen molar-refractivity contribution in [2.75, 3.05) is 26.2 Å². The summed E-state index contributed by atoms with van der Waals surface area (Å²) in [5.41, 5.74) is 1.72. The Morgan fingerprint density at radius 3 is 2.77 bits per heavy atom. The van der Waals surface area contributed by atoms with Crippen molar-refractivity contribution in [2.24, 2.45) is 0 Å². The van der Waals surface area contributed by atoms with Crippen LogP contribution in [0.3, 0.4) is 0 Å². The quantitative estimate of drug-likeness (QED) is 0.724. The summed E-state index contributed by atoms with van der Waals surface area (Å²) in [5.74, 6) is 0.221. The molecule has 2 aromatic heterocycles. The van der Waals surface area contributed by atoms with E-state index >= 15 is 0 Å². The first-order valence-corrected chi connectivity index (χ1v) is 8.58. The zero-order valence-electron chi connectivity index (χ0n) is 14.5. The van der Waals surface area contributed by atoms with Crippen LogP contribution in [0.15, 0.2) is 41.1 Å². The molecule has 1 fully saturated rings. The SMILES string of the molecule is Cc1cc(CN2CCN(C(=O)c3cc(F)cc4cccnc34)CC2)on1. The minimum Gasteiger partial charge on any atom is -0.360 e. The number of hydrogen-bond acceptors (Lipinski definition) is 5. The molecule has 7 heteroatoms. The van der Waals surface area contributed by atoms with Gasteiger partial charge in [-0.3, -0.25) is 14.7 Å². The number of piperazine rings is 1. The van der Waals surface area contributed by atoms with Gasteiger partial charge < -0.3 is 9.42 Å². The third kappa shape index (κ3) is 3.30. The normalized spacial score (nSPS) is 15.5. The molecule has 134 valence electrons. The highest BCUT2D eigenvalue weighted by Crippen LogP contribution is 2.21. The minimum absolute atomic E-state index is 0.177. The summed E-state index contributed by atoms with van der Waals surface area (Å²) in [6.45, 7) is 5.18. The maximum atomic E-state index is 13.9. The van der Waals surface area contributed by atoms with Crippen molar-refractivity contribution in [3.8, 4) is 0 Å². The Balaban J connectivity index is 1.47. The lowest BCUT2D eigenvalue weighted by Crippen LogP contribution is -2.48. The van der Waals surface area contributed by atoms with Crippen molar-refractivity contribution in [3.63, 3.8) is 0 Å². The smallest absolute Gasteiger partial charge is 0.256 e. The van der Waals surface area contributed by atoms with Gasteiger partial charge in [-0.15, -0.1) is 0 Å². The molecule has 3 heterocycles. The Kier molecular flexibility index (Phi) is 4.38. The van der Waals surface area contributed by atoms with Crippen LogP contribution in [0.25, 0.3) is 10.9 Å². The number of pyridine rings is 1. The van der Waals surface area contributed by atoms with Gasteiger partial charge in [-0.2, -0.15) is 0 Å². The van der Waals surface area contributed by atoms with E-state index in [1.54, 1.807) is 23.2 Å². The fourth-order valence-corrected chi connectivity index (χ4v) is 3.31. The second kappa shape index (κ2) is 6.84. The average molecular weight is 354 g/mol. The lowest BCUT2D eigenvalue weighted by Gasteiger charge is -2.34. The Hall–Kier alpha value is -2.80. The molecule has 0 aliphatic carbocycles. The Labute approximate surface area is 150 Å². The molecule has 0 bridgehead atoms. The predicted octanol–water partition coefficient (Wildman–Crippen LogP) is 2.63. The molecule has 0 N–H and O–H groups in total. The van der Waals surface area contributed by atoms with E-state index in [-0.39, 0.29) is 5.91 Å². The van der Waals surface area contributed by atoms with E-state index in [0.717, 1.165) is 24.5 Å². The highest BCUT2D eigenvalue weighted by Gasteiger charge is 2.25. The van der Waals surface area contributed by atoms with E-state index < -0.39 is 5.82 Å². The molecule has 0 atom stereocenters.